The third-order valence-electron chi connectivity index (χ3n) is 9.02. The summed E-state index contributed by atoms with van der Waals surface area (Å²) in [4.78, 5) is 0. The van der Waals surface area contributed by atoms with Crippen molar-refractivity contribution in [1.82, 2.24) is 0 Å². The van der Waals surface area contributed by atoms with Crippen molar-refractivity contribution in [3.63, 3.8) is 0 Å². The van der Waals surface area contributed by atoms with Gasteiger partial charge in [0.1, 0.15) is 23.7 Å². The molecule has 2 aliphatic rings. The first-order valence-corrected chi connectivity index (χ1v) is 15.1. The molecule has 0 radical (unpaired) electrons. The van der Waals surface area contributed by atoms with Crippen molar-refractivity contribution < 1.29 is 9.47 Å². The summed E-state index contributed by atoms with van der Waals surface area (Å²) in [5, 5.41) is 0. The Morgan fingerprint density at radius 1 is 0.923 bits per heavy atom. The van der Waals surface area contributed by atoms with E-state index in [-0.39, 0.29) is 11.0 Å². The molecular weight excluding hydrogens is 476 g/mol. The van der Waals surface area contributed by atoms with Gasteiger partial charge in [0, 0.05) is 17.4 Å². The predicted octanol–water partition coefficient (Wildman–Crippen LogP) is 10.4. The Balaban J connectivity index is 1.45. The second kappa shape index (κ2) is 11.6. The fourth-order valence-electron chi connectivity index (χ4n) is 6.52. The standard InChI is InChI=1S/C37H46O2/c1-6-7-8-14-23-36(2,3)30-24-33(35-31-17-12-13-18-32(31)37(4,5)39-34(35)25-30)38-26-27-19-21-29(22-20-27)28-15-10-9-11-16-28/h9-12,15-17,19-22,24-25,31-32H,6-8,13-14,18,23,26H2,1-5H3/t31-,32-/m1/s1. The molecule has 39 heavy (non-hydrogen) atoms. The summed E-state index contributed by atoms with van der Waals surface area (Å²) in [7, 11) is 0. The summed E-state index contributed by atoms with van der Waals surface area (Å²) in [5.41, 5.74) is 6.07. The van der Waals surface area contributed by atoms with E-state index in [9.17, 15) is 0 Å². The summed E-state index contributed by atoms with van der Waals surface area (Å²) >= 11 is 0. The van der Waals surface area contributed by atoms with E-state index in [1.807, 2.05) is 0 Å². The molecule has 2 nitrogen and oxygen atoms in total. The summed E-state index contributed by atoms with van der Waals surface area (Å²) in [6.07, 6.45) is 13.3. The van der Waals surface area contributed by atoms with Crippen LogP contribution in [0.25, 0.3) is 11.1 Å². The number of fused-ring (bicyclic) bond motifs is 3. The van der Waals surface area contributed by atoms with Gasteiger partial charge in [0.05, 0.1) is 0 Å². The maximum atomic E-state index is 6.81. The Morgan fingerprint density at radius 3 is 2.41 bits per heavy atom. The van der Waals surface area contributed by atoms with Crippen molar-refractivity contribution in [3.05, 3.63) is 95.6 Å². The van der Waals surface area contributed by atoms with Crippen LogP contribution in [0, 0.1) is 5.92 Å². The van der Waals surface area contributed by atoms with Crippen molar-refractivity contribution in [2.24, 2.45) is 5.92 Å². The van der Waals surface area contributed by atoms with Gasteiger partial charge in [0.15, 0.2) is 0 Å². The van der Waals surface area contributed by atoms with Gasteiger partial charge in [-0.1, -0.05) is 113 Å². The van der Waals surface area contributed by atoms with Gasteiger partial charge < -0.3 is 9.47 Å². The molecule has 0 unspecified atom stereocenters. The molecule has 2 atom stereocenters. The highest BCUT2D eigenvalue weighted by Crippen LogP contribution is 2.54. The van der Waals surface area contributed by atoms with Crippen LogP contribution >= 0.6 is 0 Å². The first-order valence-electron chi connectivity index (χ1n) is 15.1. The van der Waals surface area contributed by atoms with Crippen LogP contribution in [0.4, 0.5) is 0 Å². The maximum Gasteiger partial charge on any atom is 0.127 e. The van der Waals surface area contributed by atoms with Gasteiger partial charge in [-0.05, 0) is 72.9 Å². The third kappa shape index (κ3) is 6.11. The zero-order chi connectivity index (χ0) is 27.5. The highest BCUT2D eigenvalue weighted by molar-refractivity contribution is 5.63. The SMILES string of the molecule is CCCCCCC(C)(C)c1cc(OCc2ccc(-c3ccccc3)cc2)c2c(c1)OC(C)(C)[C@@H]1CCC=C[C@@H]21. The van der Waals surface area contributed by atoms with E-state index in [2.05, 4.69) is 114 Å². The van der Waals surface area contributed by atoms with Crippen molar-refractivity contribution in [2.45, 2.75) is 103 Å². The largest absolute Gasteiger partial charge is 0.488 e. The van der Waals surface area contributed by atoms with Crippen LogP contribution in [0.15, 0.2) is 78.9 Å². The zero-order valence-electron chi connectivity index (χ0n) is 24.6. The van der Waals surface area contributed by atoms with E-state index >= 15 is 0 Å². The number of benzene rings is 3. The second-order valence-electron chi connectivity index (χ2n) is 12.8. The lowest BCUT2D eigenvalue weighted by atomic mass is 9.68. The van der Waals surface area contributed by atoms with Gasteiger partial charge in [-0.15, -0.1) is 0 Å². The summed E-state index contributed by atoms with van der Waals surface area (Å²) in [6, 6.07) is 24.0. The van der Waals surface area contributed by atoms with Crippen molar-refractivity contribution >= 4 is 0 Å². The van der Waals surface area contributed by atoms with Crippen LogP contribution in [0.5, 0.6) is 11.5 Å². The lowest BCUT2D eigenvalue weighted by Gasteiger charge is -2.46. The zero-order valence-corrected chi connectivity index (χ0v) is 24.6. The highest BCUT2D eigenvalue weighted by Gasteiger charge is 2.45. The van der Waals surface area contributed by atoms with E-state index in [0.717, 1.165) is 24.3 Å². The van der Waals surface area contributed by atoms with Gasteiger partial charge in [0.2, 0.25) is 0 Å². The molecule has 0 spiro atoms. The molecule has 0 aromatic heterocycles. The molecule has 0 amide bonds. The van der Waals surface area contributed by atoms with Crippen LogP contribution in [0.3, 0.4) is 0 Å². The Labute approximate surface area is 236 Å². The molecule has 3 aromatic rings. The molecular formula is C37H46O2. The Bertz CT molecular complexity index is 1270. The summed E-state index contributed by atoms with van der Waals surface area (Å²) < 4.78 is 13.5. The lowest BCUT2D eigenvalue weighted by Crippen LogP contribution is -2.45. The van der Waals surface area contributed by atoms with Crippen LogP contribution in [0.2, 0.25) is 0 Å². The smallest absolute Gasteiger partial charge is 0.127 e. The minimum absolute atomic E-state index is 0.0605. The van der Waals surface area contributed by atoms with Gasteiger partial charge in [0.25, 0.3) is 0 Å². The Kier molecular flexibility index (Phi) is 8.21. The first kappa shape index (κ1) is 27.6. The fourth-order valence-corrected chi connectivity index (χ4v) is 6.52. The number of unbranched alkanes of at least 4 members (excludes halogenated alkanes) is 3. The number of hydrogen-bond donors (Lipinski definition) is 0. The van der Waals surface area contributed by atoms with E-state index in [0.29, 0.717) is 18.4 Å². The molecule has 0 bridgehead atoms. The van der Waals surface area contributed by atoms with E-state index in [1.165, 1.54) is 59.9 Å². The number of hydrogen-bond acceptors (Lipinski definition) is 2. The topological polar surface area (TPSA) is 18.5 Å². The molecule has 2 heteroatoms. The number of allylic oxidation sites excluding steroid dienone is 2. The average Bonchev–Trinajstić information content (AvgIpc) is 2.94. The highest BCUT2D eigenvalue weighted by atomic mass is 16.5. The van der Waals surface area contributed by atoms with Crippen LogP contribution in [-0.4, -0.2) is 5.60 Å². The summed E-state index contributed by atoms with van der Waals surface area (Å²) in [6.45, 7) is 12.1. The van der Waals surface area contributed by atoms with Gasteiger partial charge in [-0.25, -0.2) is 0 Å². The van der Waals surface area contributed by atoms with E-state index in [1.54, 1.807) is 0 Å². The van der Waals surface area contributed by atoms with E-state index in [4.69, 9.17) is 9.47 Å². The van der Waals surface area contributed by atoms with Gasteiger partial charge in [-0.2, -0.15) is 0 Å². The van der Waals surface area contributed by atoms with Crippen LogP contribution in [0.1, 0.15) is 102 Å². The third-order valence-corrected chi connectivity index (χ3v) is 9.02. The van der Waals surface area contributed by atoms with Crippen LogP contribution < -0.4 is 9.47 Å². The molecule has 0 saturated heterocycles. The van der Waals surface area contributed by atoms with Crippen molar-refractivity contribution in [1.29, 1.82) is 0 Å². The minimum atomic E-state index is -0.198. The predicted molar refractivity (Wildman–Crippen MR) is 164 cm³/mol. The molecule has 3 aromatic carbocycles. The lowest BCUT2D eigenvalue weighted by molar-refractivity contribution is 0.0110. The molecule has 0 fully saturated rings. The Hall–Kier alpha value is -3.00. The molecule has 1 heterocycles. The maximum absolute atomic E-state index is 6.81. The second-order valence-corrected chi connectivity index (χ2v) is 12.8. The summed E-state index contributed by atoms with van der Waals surface area (Å²) in [5.74, 6) is 2.79. The molecule has 0 saturated carbocycles. The van der Waals surface area contributed by atoms with Crippen LogP contribution in [-0.2, 0) is 12.0 Å². The molecule has 1 aliphatic carbocycles. The van der Waals surface area contributed by atoms with Gasteiger partial charge >= 0.3 is 0 Å². The monoisotopic (exact) mass is 522 g/mol. The number of ether oxygens (including phenoxy) is 2. The molecule has 1 aliphatic heterocycles. The van der Waals surface area contributed by atoms with Gasteiger partial charge in [-0.3, -0.25) is 0 Å². The molecule has 5 rings (SSSR count). The average molecular weight is 523 g/mol. The normalized spacial score (nSPS) is 19.6. The van der Waals surface area contributed by atoms with Crippen molar-refractivity contribution in [2.75, 3.05) is 0 Å². The molecule has 0 N–H and O–H groups in total. The quantitative estimate of drug-likeness (QED) is 0.195. The minimum Gasteiger partial charge on any atom is -0.488 e. The van der Waals surface area contributed by atoms with E-state index < -0.39 is 0 Å². The number of rotatable bonds is 10. The van der Waals surface area contributed by atoms with Crippen molar-refractivity contribution in [3.8, 4) is 22.6 Å². The molecule has 206 valence electrons. The first-order chi connectivity index (χ1) is 18.8. The Morgan fingerprint density at radius 2 is 1.67 bits per heavy atom. The fraction of sp³-hybridized carbons (Fsp3) is 0.459.